The van der Waals surface area contributed by atoms with E-state index < -0.39 is 33.6 Å². The van der Waals surface area contributed by atoms with Gasteiger partial charge >= 0.3 is 6.18 Å². The molecule has 0 spiro atoms. The molecular formula is C19H18ClF3N2O3S. The molecule has 0 saturated carbocycles. The summed E-state index contributed by atoms with van der Waals surface area (Å²) >= 11 is 5.80. The van der Waals surface area contributed by atoms with Crippen LogP contribution in [0.5, 0.6) is 0 Å². The van der Waals surface area contributed by atoms with Crippen LogP contribution in [0.2, 0.25) is 5.02 Å². The van der Waals surface area contributed by atoms with Crippen LogP contribution in [0.1, 0.15) is 18.4 Å². The van der Waals surface area contributed by atoms with Crippen molar-refractivity contribution in [3.05, 3.63) is 59.1 Å². The Bertz CT molecular complexity index is 977. The fourth-order valence-electron chi connectivity index (χ4n) is 3.12. The molecule has 1 aliphatic rings. The molecule has 1 N–H and O–H groups in total. The number of anilines is 1. The molecule has 1 heterocycles. The van der Waals surface area contributed by atoms with Gasteiger partial charge in [-0.25, -0.2) is 8.42 Å². The van der Waals surface area contributed by atoms with Gasteiger partial charge in [-0.3, -0.25) is 4.79 Å². The molecule has 29 heavy (non-hydrogen) atoms. The Morgan fingerprint density at radius 1 is 1.07 bits per heavy atom. The number of halogens is 4. The van der Waals surface area contributed by atoms with Crippen molar-refractivity contribution in [2.24, 2.45) is 5.92 Å². The second-order valence-corrected chi connectivity index (χ2v) is 9.09. The van der Waals surface area contributed by atoms with E-state index in [1.807, 2.05) is 0 Å². The van der Waals surface area contributed by atoms with Gasteiger partial charge in [-0.1, -0.05) is 11.6 Å². The first-order chi connectivity index (χ1) is 13.6. The Hall–Kier alpha value is -2.10. The van der Waals surface area contributed by atoms with Crippen molar-refractivity contribution in [3.63, 3.8) is 0 Å². The molecule has 3 rings (SSSR count). The Morgan fingerprint density at radius 3 is 2.28 bits per heavy atom. The molecule has 1 fully saturated rings. The minimum absolute atomic E-state index is 0.00255. The van der Waals surface area contributed by atoms with Crippen molar-refractivity contribution in [3.8, 4) is 0 Å². The SMILES string of the molecule is O=C(Nc1ccc(C(F)(F)F)cc1)[C@@H]1CCCN(S(=O)(=O)c2ccc(Cl)cc2)C1. The van der Waals surface area contributed by atoms with E-state index in [2.05, 4.69) is 5.32 Å². The second-order valence-electron chi connectivity index (χ2n) is 6.72. The molecule has 2 aromatic rings. The number of carbonyl (C=O) groups excluding carboxylic acids is 1. The van der Waals surface area contributed by atoms with Gasteiger partial charge in [0.25, 0.3) is 0 Å². The topological polar surface area (TPSA) is 66.5 Å². The standard InChI is InChI=1S/C19H18ClF3N2O3S/c20-15-5-9-17(10-6-15)29(27,28)25-11-1-2-13(12-25)18(26)24-16-7-3-14(4-8-16)19(21,22)23/h3-10,13H,1-2,11-12H2,(H,24,26)/t13-/m1/s1. The highest BCUT2D eigenvalue weighted by molar-refractivity contribution is 7.89. The van der Waals surface area contributed by atoms with Crippen LogP contribution in [-0.2, 0) is 21.0 Å². The van der Waals surface area contributed by atoms with Crippen LogP contribution in [0.3, 0.4) is 0 Å². The summed E-state index contributed by atoms with van der Waals surface area (Å²) < 4.78 is 64.7. The highest BCUT2D eigenvalue weighted by Gasteiger charge is 2.34. The third-order valence-electron chi connectivity index (χ3n) is 4.69. The first-order valence-electron chi connectivity index (χ1n) is 8.81. The zero-order chi connectivity index (χ0) is 21.2. The number of benzene rings is 2. The highest BCUT2D eigenvalue weighted by Crippen LogP contribution is 2.30. The molecule has 0 bridgehead atoms. The Morgan fingerprint density at radius 2 is 1.69 bits per heavy atom. The van der Waals surface area contributed by atoms with E-state index in [9.17, 15) is 26.4 Å². The predicted octanol–water partition coefficient (Wildman–Crippen LogP) is 4.40. The van der Waals surface area contributed by atoms with E-state index in [-0.39, 0.29) is 23.7 Å². The molecule has 1 saturated heterocycles. The van der Waals surface area contributed by atoms with Crippen LogP contribution in [-0.4, -0.2) is 31.7 Å². The second kappa shape index (κ2) is 8.33. The fourth-order valence-corrected chi connectivity index (χ4v) is 4.77. The van der Waals surface area contributed by atoms with Gasteiger partial charge < -0.3 is 5.32 Å². The van der Waals surface area contributed by atoms with Gasteiger partial charge in [-0.2, -0.15) is 17.5 Å². The first-order valence-corrected chi connectivity index (χ1v) is 10.6. The van der Waals surface area contributed by atoms with Crippen molar-refractivity contribution in [2.45, 2.75) is 23.9 Å². The van der Waals surface area contributed by atoms with E-state index in [0.29, 0.717) is 17.9 Å². The number of hydrogen-bond acceptors (Lipinski definition) is 3. The lowest BCUT2D eigenvalue weighted by molar-refractivity contribution is -0.137. The number of hydrogen-bond donors (Lipinski definition) is 1. The van der Waals surface area contributed by atoms with E-state index in [0.717, 1.165) is 12.1 Å². The van der Waals surface area contributed by atoms with Gasteiger partial charge in [0, 0.05) is 23.8 Å². The van der Waals surface area contributed by atoms with Crippen molar-refractivity contribution in [1.29, 1.82) is 0 Å². The van der Waals surface area contributed by atoms with E-state index in [4.69, 9.17) is 11.6 Å². The summed E-state index contributed by atoms with van der Waals surface area (Å²) in [5, 5.41) is 2.98. The summed E-state index contributed by atoms with van der Waals surface area (Å²) in [6.45, 7) is 0.284. The molecule has 156 valence electrons. The molecule has 0 radical (unpaired) electrons. The van der Waals surface area contributed by atoms with Gasteiger partial charge in [0.2, 0.25) is 15.9 Å². The van der Waals surface area contributed by atoms with E-state index in [1.165, 1.54) is 40.7 Å². The zero-order valence-corrected chi connectivity index (χ0v) is 16.7. The number of rotatable bonds is 4. The van der Waals surface area contributed by atoms with E-state index >= 15 is 0 Å². The average molecular weight is 447 g/mol. The molecule has 0 aliphatic carbocycles. The molecule has 0 aromatic heterocycles. The maximum atomic E-state index is 12.8. The quantitative estimate of drug-likeness (QED) is 0.757. The monoisotopic (exact) mass is 446 g/mol. The summed E-state index contributed by atoms with van der Waals surface area (Å²) in [7, 11) is -3.77. The normalized spacial score (nSPS) is 18.4. The number of alkyl halides is 3. The number of piperidine rings is 1. The van der Waals surface area contributed by atoms with Gasteiger partial charge in [-0.05, 0) is 61.4 Å². The van der Waals surface area contributed by atoms with Crippen molar-refractivity contribution in [1.82, 2.24) is 4.31 Å². The van der Waals surface area contributed by atoms with Gasteiger partial charge in [0.1, 0.15) is 0 Å². The summed E-state index contributed by atoms with van der Waals surface area (Å²) in [4.78, 5) is 12.6. The van der Waals surface area contributed by atoms with Crippen molar-refractivity contribution < 1.29 is 26.4 Å². The number of nitrogens with zero attached hydrogens (tertiary/aromatic N) is 1. The molecule has 1 atom stereocenters. The van der Waals surface area contributed by atoms with Gasteiger partial charge in [0.05, 0.1) is 16.4 Å². The predicted molar refractivity (Wildman–Crippen MR) is 103 cm³/mol. The summed E-state index contributed by atoms with van der Waals surface area (Å²) in [6.07, 6.45) is -3.47. The van der Waals surface area contributed by atoms with Crippen LogP contribution in [0, 0.1) is 5.92 Å². The summed E-state index contributed by atoms with van der Waals surface area (Å²) in [5.41, 5.74) is -0.589. The minimum atomic E-state index is -4.46. The minimum Gasteiger partial charge on any atom is -0.326 e. The fraction of sp³-hybridized carbons (Fsp3) is 0.316. The van der Waals surface area contributed by atoms with Crippen LogP contribution in [0.25, 0.3) is 0 Å². The largest absolute Gasteiger partial charge is 0.416 e. The number of nitrogens with one attached hydrogen (secondary N) is 1. The molecule has 5 nitrogen and oxygen atoms in total. The molecule has 0 unspecified atom stereocenters. The van der Waals surface area contributed by atoms with E-state index in [1.54, 1.807) is 0 Å². The Kier molecular flexibility index (Phi) is 6.21. The lowest BCUT2D eigenvalue weighted by Crippen LogP contribution is -2.43. The molecular weight excluding hydrogens is 429 g/mol. The smallest absolute Gasteiger partial charge is 0.326 e. The molecule has 10 heteroatoms. The zero-order valence-electron chi connectivity index (χ0n) is 15.1. The highest BCUT2D eigenvalue weighted by atomic mass is 35.5. The van der Waals surface area contributed by atoms with Crippen molar-refractivity contribution in [2.75, 3.05) is 18.4 Å². The number of amides is 1. The van der Waals surface area contributed by atoms with Gasteiger partial charge in [0.15, 0.2) is 0 Å². The molecule has 1 amide bonds. The van der Waals surface area contributed by atoms with Crippen LogP contribution in [0.15, 0.2) is 53.4 Å². The third kappa shape index (κ3) is 5.09. The molecule has 1 aliphatic heterocycles. The molecule has 2 aromatic carbocycles. The summed E-state index contributed by atoms with van der Waals surface area (Å²) in [5.74, 6) is -1.03. The maximum absolute atomic E-state index is 12.8. The number of carbonyl (C=O) groups is 1. The third-order valence-corrected chi connectivity index (χ3v) is 6.82. The summed E-state index contributed by atoms with van der Waals surface area (Å²) in [6, 6.07) is 9.88. The van der Waals surface area contributed by atoms with Crippen LogP contribution >= 0.6 is 11.6 Å². The van der Waals surface area contributed by atoms with Crippen LogP contribution in [0.4, 0.5) is 18.9 Å². The maximum Gasteiger partial charge on any atom is 0.416 e. The van der Waals surface area contributed by atoms with Crippen LogP contribution < -0.4 is 5.32 Å². The average Bonchev–Trinajstić information content (AvgIpc) is 2.68. The lowest BCUT2D eigenvalue weighted by Gasteiger charge is -2.31. The Labute approximate surface area is 171 Å². The van der Waals surface area contributed by atoms with Crippen molar-refractivity contribution >= 4 is 33.2 Å². The first kappa shape index (κ1) is 21.6. The van der Waals surface area contributed by atoms with Gasteiger partial charge in [-0.15, -0.1) is 0 Å². The number of sulfonamides is 1. The lowest BCUT2D eigenvalue weighted by atomic mass is 9.98. The Balaban J connectivity index is 1.68.